The molecular weight excluding hydrogens is 750 g/mol. The van der Waals surface area contributed by atoms with Crippen LogP contribution in [0.15, 0.2) is 12.2 Å². The Morgan fingerprint density at radius 3 is 1.69 bits per heavy atom. The number of aliphatic hydroxyl groups excluding tert-OH is 8. The maximum atomic E-state index is 13.1. The predicted molar refractivity (Wildman–Crippen MR) is 222 cm³/mol. The van der Waals surface area contributed by atoms with Crippen LogP contribution in [0.4, 0.5) is 0 Å². The Hall–Kier alpha value is -1.27. The lowest BCUT2D eigenvalue weighted by Gasteiger charge is -2.46. The van der Waals surface area contributed by atoms with Crippen LogP contribution in [-0.4, -0.2) is 140 Å². The molecule has 0 saturated carbocycles. The van der Waals surface area contributed by atoms with Crippen LogP contribution < -0.4 is 5.32 Å². The van der Waals surface area contributed by atoms with Gasteiger partial charge in [0, 0.05) is 6.42 Å². The largest absolute Gasteiger partial charge is 0.394 e. The number of amides is 1. The van der Waals surface area contributed by atoms with Crippen LogP contribution in [0.3, 0.4) is 0 Å². The van der Waals surface area contributed by atoms with Crippen LogP contribution in [0.5, 0.6) is 0 Å². The van der Waals surface area contributed by atoms with E-state index in [9.17, 15) is 45.6 Å². The van der Waals surface area contributed by atoms with Gasteiger partial charge in [0.25, 0.3) is 0 Å². The smallest absolute Gasteiger partial charge is 0.220 e. The molecule has 342 valence electrons. The molecule has 14 nitrogen and oxygen atoms in total. The third kappa shape index (κ3) is 20.5. The fourth-order valence-corrected chi connectivity index (χ4v) is 7.63. The summed E-state index contributed by atoms with van der Waals surface area (Å²) in [6.45, 7) is 2.78. The van der Waals surface area contributed by atoms with E-state index in [0.717, 1.165) is 64.2 Å². The molecule has 58 heavy (non-hydrogen) atoms. The van der Waals surface area contributed by atoms with Crippen LogP contribution in [0.2, 0.25) is 0 Å². The molecule has 0 radical (unpaired) electrons. The van der Waals surface area contributed by atoms with Gasteiger partial charge in [-0.1, -0.05) is 142 Å². The summed E-state index contributed by atoms with van der Waals surface area (Å²) in [7, 11) is 0. The molecule has 9 N–H and O–H groups in total. The van der Waals surface area contributed by atoms with E-state index in [1.807, 2.05) is 0 Å². The first kappa shape index (κ1) is 52.9. The number of hydrogen-bond donors (Lipinski definition) is 9. The highest BCUT2D eigenvalue weighted by Crippen LogP contribution is 2.30. The first-order valence-electron chi connectivity index (χ1n) is 22.9. The number of carbonyl (C=O) groups excluding carboxylic acids is 1. The number of allylic oxidation sites excluding steroid dienone is 2. The third-order valence-electron chi connectivity index (χ3n) is 11.5. The number of carbonyl (C=O) groups is 1. The Balaban J connectivity index is 1.89. The van der Waals surface area contributed by atoms with Crippen LogP contribution in [-0.2, 0) is 23.7 Å². The summed E-state index contributed by atoms with van der Waals surface area (Å²) in [4.78, 5) is 13.1. The topological polar surface area (TPSA) is 228 Å². The molecule has 2 aliphatic heterocycles. The lowest BCUT2D eigenvalue weighted by Crippen LogP contribution is -2.65. The second-order valence-electron chi connectivity index (χ2n) is 16.5. The number of nitrogens with one attached hydrogen (secondary N) is 1. The van der Waals surface area contributed by atoms with Gasteiger partial charge in [-0.2, -0.15) is 0 Å². The van der Waals surface area contributed by atoms with E-state index in [-0.39, 0.29) is 12.5 Å². The second kappa shape index (κ2) is 32.4. The van der Waals surface area contributed by atoms with Crippen molar-refractivity contribution in [1.29, 1.82) is 0 Å². The zero-order valence-electron chi connectivity index (χ0n) is 35.8. The number of ether oxygens (including phenoxy) is 4. The molecule has 2 heterocycles. The molecule has 0 bridgehead atoms. The van der Waals surface area contributed by atoms with Crippen molar-refractivity contribution in [3.05, 3.63) is 12.2 Å². The lowest BCUT2D eigenvalue weighted by molar-refractivity contribution is -0.359. The van der Waals surface area contributed by atoms with Gasteiger partial charge in [0.05, 0.1) is 32.0 Å². The summed E-state index contributed by atoms with van der Waals surface area (Å²) in [6.07, 6.45) is 13.7. The first-order chi connectivity index (χ1) is 28.1. The van der Waals surface area contributed by atoms with E-state index in [1.165, 1.54) is 70.6 Å². The van der Waals surface area contributed by atoms with Gasteiger partial charge in [-0.3, -0.25) is 4.79 Å². The van der Waals surface area contributed by atoms with Crippen molar-refractivity contribution in [3.63, 3.8) is 0 Å². The first-order valence-corrected chi connectivity index (χ1v) is 22.9. The van der Waals surface area contributed by atoms with Gasteiger partial charge in [-0.25, -0.2) is 0 Å². The van der Waals surface area contributed by atoms with Gasteiger partial charge in [0.2, 0.25) is 5.91 Å². The number of unbranched alkanes of at least 4 members (excludes halogenated alkanes) is 19. The Bertz CT molecular complexity index is 1040. The Morgan fingerprint density at radius 2 is 1.10 bits per heavy atom. The summed E-state index contributed by atoms with van der Waals surface area (Å²) in [6, 6.07) is -0.826. The molecule has 2 fully saturated rings. The number of hydrogen-bond acceptors (Lipinski definition) is 13. The zero-order chi connectivity index (χ0) is 42.5. The fraction of sp³-hybridized carbons (Fsp3) is 0.932. The summed E-state index contributed by atoms with van der Waals surface area (Å²) in [5.41, 5.74) is 0. The van der Waals surface area contributed by atoms with Crippen molar-refractivity contribution in [2.45, 2.75) is 242 Å². The van der Waals surface area contributed by atoms with E-state index in [4.69, 9.17) is 18.9 Å². The Kier molecular flexibility index (Phi) is 29.6. The molecule has 0 aromatic rings. The molecule has 0 aromatic carbocycles. The molecule has 14 heteroatoms. The van der Waals surface area contributed by atoms with E-state index in [1.54, 1.807) is 0 Å². The molecule has 12 atom stereocenters. The minimum atomic E-state index is -1.78. The van der Waals surface area contributed by atoms with Crippen molar-refractivity contribution >= 4 is 5.91 Å². The van der Waals surface area contributed by atoms with Gasteiger partial charge < -0.3 is 65.1 Å². The van der Waals surface area contributed by atoms with Crippen LogP contribution in [0, 0.1) is 0 Å². The van der Waals surface area contributed by atoms with Gasteiger partial charge in [0.15, 0.2) is 12.6 Å². The van der Waals surface area contributed by atoms with E-state index < -0.39 is 86.8 Å². The van der Waals surface area contributed by atoms with Gasteiger partial charge >= 0.3 is 0 Å². The molecule has 1 amide bonds. The number of aliphatic hydroxyl groups is 8. The van der Waals surface area contributed by atoms with E-state index >= 15 is 0 Å². The third-order valence-corrected chi connectivity index (χ3v) is 11.5. The van der Waals surface area contributed by atoms with Crippen LogP contribution >= 0.6 is 0 Å². The minimum absolute atomic E-state index is 0.219. The molecule has 2 rings (SSSR count). The van der Waals surface area contributed by atoms with Crippen molar-refractivity contribution in [2.24, 2.45) is 0 Å². The van der Waals surface area contributed by atoms with Gasteiger partial charge in [-0.05, 0) is 32.1 Å². The van der Waals surface area contributed by atoms with Crippen LogP contribution in [0.1, 0.15) is 168 Å². The van der Waals surface area contributed by atoms with Crippen LogP contribution in [0.25, 0.3) is 0 Å². The summed E-state index contributed by atoms with van der Waals surface area (Å²) in [5, 5.41) is 86.5. The normalized spacial score (nSPS) is 28.9. The summed E-state index contributed by atoms with van der Waals surface area (Å²) >= 11 is 0. The zero-order valence-corrected chi connectivity index (χ0v) is 35.8. The monoisotopic (exact) mass is 834 g/mol. The SMILES string of the molecule is CCCC/C=C\CCCCCCCC(=O)NC(COC1OC(CO)C(OC2OC(CO)C(O)C(O)C2O)C(O)C1O)C(O)CCCCCCCCCCCCCCC. The van der Waals surface area contributed by atoms with Gasteiger partial charge in [-0.15, -0.1) is 0 Å². The maximum absolute atomic E-state index is 13.1. The van der Waals surface area contributed by atoms with E-state index in [0.29, 0.717) is 19.3 Å². The highest BCUT2D eigenvalue weighted by Gasteiger charge is 2.51. The molecule has 0 aliphatic carbocycles. The van der Waals surface area contributed by atoms with Crippen molar-refractivity contribution in [2.75, 3.05) is 19.8 Å². The average molecular weight is 834 g/mol. The molecular formula is C44H83NO13. The highest BCUT2D eigenvalue weighted by atomic mass is 16.7. The number of rotatable bonds is 34. The molecule has 12 unspecified atom stereocenters. The van der Waals surface area contributed by atoms with Crippen molar-refractivity contribution < 1.29 is 64.6 Å². The second-order valence-corrected chi connectivity index (χ2v) is 16.5. The quantitative estimate of drug-likeness (QED) is 0.0324. The Labute approximate surface area is 348 Å². The minimum Gasteiger partial charge on any atom is -0.394 e. The lowest BCUT2D eigenvalue weighted by atomic mass is 9.97. The van der Waals surface area contributed by atoms with Gasteiger partial charge in [0.1, 0.15) is 48.8 Å². The predicted octanol–water partition coefficient (Wildman–Crippen LogP) is 4.43. The molecule has 0 aromatic heterocycles. The summed E-state index contributed by atoms with van der Waals surface area (Å²) < 4.78 is 22.7. The standard InChI is InChI=1S/C44H83NO13/c1-3-5-7-9-11-13-15-16-18-19-21-23-25-27-33(48)32(45-36(49)28-26-24-22-20-17-14-12-10-8-6-4-2)31-55-43-41(54)39(52)42(35(30-47)57-43)58-44-40(53)38(51)37(50)34(29-46)56-44/h10,12,32-35,37-44,46-48,50-54H,3-9,11,13-31H2,1-2H3,(H,45,49)/b12-10-. The molecule has 2 saturated heterocycles. The van der Waals surface area contributed by atoms with E-state index in [2.05, 4.69) is 31.3 Å². The van der Waals surface area contributed by atoms with Crippen molar-refractivity contribution in [1.82, 2.24) is 5.32 Å². The average Bonchev–Trinajstić information content (AvgIpc) is 3.22. The maximum Gasteiger partial charge on any atom is 0.220 e. The Morgan fingerprint density at radius 1 is 0.603 bits per heavy atom. The summed E-state index contributed by atoms with van der Waals surface area (Å²) in [5.74, 6) is -0.219. The molecule has 2 aliphatic rings. The fourth-order valence-electron chi connectivity index (χ4n) is 7.63. The van der Waals surface area contributed by atoms with Crippen molar-refractivity contribution in [3.8, 4) is 0 Å². The highest BCUT2D eigenvalue weighted by molar-refractivity contribution is 5.76. The molecule has 0 spiro atoms.